The van der Waals surface area contributed by atoms with E-state index in [0.29, 0.717) is 0 Å². The Hall–Kier alpha value is -3.46. The van der Waals surface area contributed by atoms with E-state index in [2.05, 4.69) is 14.8 Å². The first-order valence-corrected chi connectivity index (χ1v) is 13.1. The number of thiazole rings is 1. The van der Waals surface area contributed by atoms with Gasteiger partial charge in [0, 0.05) is 45.5 Å². The smallest absolute Gasteiger partial charge is 0.227 e. The van der Waals surface area contributed by atoms with Crippen molar-refractivity contribution in [3.8, 4) is 5.69 Å². The number of nitrogens with zero attached hydrogens (tertiary/aromatic N) is 7. The summed E-state index contributed by atoms with van der Waals surface area (Å²) in [7, 11) is 0. The van der Waals surface area contributed by atoms with Crippen molar-refractivity contribution in [3.05, 3.63) is 60.4 Å². The number of fused-ring (bicyclic) bond motifs is 1. The summed E-state index contributed by atoms with van der Waals surface area (Å²) in [4.78, 5) is 29.5. The normalized spacial score (nSPS) is 18.9. The second-order valence-electron chi connectivity index (χ2n) is 9.27. The van der Waals surface area contributed by atoms with Gasteiger partial charge in [-0.2, -0.15) is 10.1 Å². The molecule has 2 fully saturated rings. The summed E-state index contributed by atoms with van der Waals surface area (Å²) in [5.74, 6) is 1.29. The highest BCUT2D eigenvalue weighted by molar-refractivity contribution is 7.22. The summed E-state index contributed by atoms with van der Waals surface area (Å²) in [6.07, 6.45) is 3.77. The van der Waals surface area contributed by atoms with Crippen LogP contribution in [-0.4, -0.2) is 69.8 Å². The summed E-state index contributed by atoms with van der Waals surface area (Å²) in [5.41, 5.74) is 2.90. The molecular weight excluding hydrogens is 458 g/mol. The van der Waals surface area contributed by atoms with Gasteiger partial charge in [0.15, 0.2) is 10.8 Å². The van der Waals surface area contributed by atoms with Crippen LogP contribution in [0.4, 0.5) is 10.9 Å². The third-order valence-corrected chi connectivity index (χ3v) is 8.20. The van der Waals surface area contributed by atoms with E-state index in [1.807, 2.05) is 71.2 Å². The lowest BCUT2D eigenvalue weighted by molar-refractivity contribution is -0.136. The number of piperidine rings is 1. The van der Waals surface area contributed by atoms with Gasteiger partial charge < -0.3 is 14.7 Å². The van der Waals surface area contributed by atoms with Gasteiger partial charge in [0.25, 0.3) is 0 Å². The summed E-state index contributed by atoms with van der Waals surface area (Å²) in [6.45, 7) is 6.85. The largest absolute Gasteiger partial charge is 0.353 e. The van der Waals surface area contributed by atoms with E-state index in [0.717, 1.165) is 84.8 Å². The molecule has 0 aliphatic carbocycles. The molecule has 1 atom stereocenters. The van der Waals surface area contributed by atoms with E-state index < -0.39 is 0 Å². The minimum atomic E-state index is 0.0175. The standard InChI is InChI=1S/C26H29N7OS/c1-19-23-24(33(29-19)21-9-3-2-4-10-21)28-26(35-23)32-13-7-8-20(18-32)25(34)31-16-14-30(15-17-31)22-11-5-6-12-27-22/h2-6,9-12,20H,7-8,13-18H2,1H3/t20-/m0/s1. The van der Waals surface area contributed by atoms with Crippen molar-refractivity contribution in [2.75, 3.05) is 49.1 Å². The molecule has 2 saturated heterocycles. The van der Waals surface area contributed by atoms with Crippen LogP contribution in [0.3, 0.4) is 0 Å². The van der Waals surface area contributed by atoms with Crippen LogP contribution in [-0.2, 0) is 4.79 Å². The molecule has 3 aromatic heterocycles. The molecule has 2 aliphatic rings. The Bertz CT molecular complexity index is 1310. The Morgan fingerprint density at radius 1 is 0.971 bits per heavy atom. The Morgan fingerprint density at radius 2 is 1.77 bits per heavy atom. The minimum Gasteiger partial charge on any atom is -0.353 e. The van der Waals surface area contributed by atoms with Gasteiger partial charge in [0.2, 0.25) is 5.91 Å². The molecule has 1 aromatic carbocycles. The summed E-state index contributed by atoms with van der Waals surface area (Å²) < 4.78 is 3.04. The maximum absolute atomic E-state index is 13.4. The van der Waals surface area contributed by atoms with Gasteiger partial charge in [-0.05, 0) is 44.0 Å². The topological polar surface area (TPSA) is 70.4 Å². The molecule has 6 rings (SSSR count). The van der Waals surface area contributed by atoms with Gasteiger partial charge in [-0.15, -0.1) is 0 Å². The van der Waals surface area contributed by atoms with E-state index in [1.54, 1.807) is 11.3 Å². The third-order valence-electron chi connectivity index (χ3n) is 6.98. The van der Waals surface area contributed by atoms with Crippen LogP contribution in [0, 0.1) is 12.8 Å². The number of hydrogen-bond acceptors (Lipinski definition) is 7. The quantitative estimate of drug-likeness (QED) is 0.437. The fraction of sp³-hybridized carbons (Fsp3) is 0.385. The van der Waals surface area contributed by atoms with Crippen LogP contribution >= 0.6 is 11.3 Å². The Labute approximate surface area is 208 Å². The molecule has 9 heteroatoms. The van der Waals surface area contributed by atoms with Gasteiger partial charge in [0.05, 0.1) is 22.0 Å². The first-order valence-electron chi connectivity index (χ1n) is 12.3. The lowest BCUT2D eigenvalue weighted by Gasteiger charge is -2.39. The first kappa shape index (κ1) is 22.0. The van der Waals surface area contributed by atoms with Crippen molar-refractivity contribution in [3.63, 3.8) is 0 Å². The number of amides is 1. The van der Waals surface area contributed by atoms with Gasteiger partial charge in [-0.25, -0.2) is 9.67 Å². The molecule has 0 bridgehead atoms. The van der Waals surface area contributed by atoms with E-state index in [-0.39, 0.29) is 11.8 Å². The molecule has 180 valence electrons. The molecule has 0 N–H and O–H groups in total. The van der Waals surface area contributed by atoms with E-state index in [1.165, 1.54) is 0 Å². The number of piperazine rings is 1. The van der Waals surface area contributed by atoms with Crippen LogP contribution in [0.25, 0.3) is 16.0 Å². The molecule has 0 radical (unpaired) electrons. The summed E-state index contributed by atoms with van der Waals surface area (Å²) in [5, 5.41) is 5.70. The third kappa shape index (κ3) is 4.25. The van der Waals surface area contributed by atoms with E-state index in [9.17, 15) is 4.79 Å². The zero-order valence-electron chi connectivity index (χ0n) is 19.9. The van der Waals surface area contributed by atoms with Gasteiger partial charge in [-0.3, -0.25) is 4.79 Å². The molecule has 35 heavy (non-hydrogen) atoms. The Kier molecular flexibility index (Phi) is 5.85. The molecule has 8 nitrogen and oxygen atoms in total. The average Bonchev–Trinajstić information content (AvgIpc) is 3.50. The molecule has 0 spiro atoms. The maximum atomic E-state index is 13.4. The van der Waals surface area contributed by atoms with E-state index in [4.69, 9.17) is 10.1 Å². The lowest BCUT2D eigenvalue weighted by atomic mass is 9.96. The second-order valence-corrected chi connectivity index (χ2v) is 10.2. The van der Waals surface area contributed by atoms with Gasteiger partial charge in [0.1, 0.15) is 5.82 Å². The van der Waals surface area contributed by atoms with Crippen LogP contribution in [0.2, 0.25) is 0 Å². The molecule has 0 unspecified atom stereocenters. The minimum absolute atomic E-state index is 0.0175. The predicted molar refractivity (Wildman–Crippen MR) is 139 cm³/mol. The number of hydrogen-bond donors (Lipinski definition) is 0. The molecule has 5 heterocycles. The number of rotatable bonds is 4. The summed E-state index contributed by atoms with van der Waals surface area (Å²) >= 11 is 1.69. The maximum Gasteiger partial charge on any atom is 0.227 e. The fourth-order valence-electron chi connectivity index (χ4n) is 5.11. The van der Waals surface area contributed by atoms with Crippen molar-refractivity contribution < 1.29 is 4.79 Å². The van der Waals surface area contributed by atoms with Crippen molar-refractivity contribution >= 4 is 38.5 Å². The highest BCUT2D eigenvalue weighted by Gasteiger charge is 2.32. The van der Waals surface area contributed by atoms with Crippen LogP contribution in [0.5, 0.6) is 0 Å². The van der Waals surface area contributed by atoms with Crippen molar-refractivity contribution in [2.45, 2.75) is 19.8 Å². The molecule has 2 aliphatic heterocycles. The average molecular weight is 488 g/mol. The lowest BCUT2D eigenvalue weighted by Crippen LogP contribution is -2.52. The number of carbonyl (C=O) groups excluding carboxylic acids is 1. The monoisotopic (exact) mass is 487 g/mol. The van der Waals surface area contributed by atoms with Crippen LogP contribution < -0.4 is 9.80 Å². The van der Waals surface area contributed by atoms with Gasteiger partial charge in [-0.1, -0.05) is 35.6 Å². The Morgan fingerprint density at radius 3 is 2.54 bits per heavy atom. The molecular formula is C26H29N7OS. The van der Waals surface area contributed by atoms with Gasteiger partial charge >= 0.3 is 0 Å². The van der Waals surface area contributed by atoms with Crippen LogP contribution in [0.15, 0.2) is 54.7 Å². The fourth-order valence-corrected chi connectivity index (χ4v) is 6.14. The zero-order valence-corrected chi connectivity index (χ0v) is 20.7. The second kappa shape index (κ2) is 9.30. The number of para-hydroxylation sites is 1. The van der Waals surface area contributed by atoms with E-state index >= 15 is 0 Å². The predicted octanol–water partition coefficient (Wildman–Crippen LogP) is 3.75. The Balaban J connectivity index is 1.15. The molecule has 1 amide bonds. The highest BCUT2D eigenvalue weighted by atomic mass is 32.1. The number of aromatic nitrogens is 4. The number of carbonyl (C=O) groups is 1. The SMILES string of the molecule is Cc1nn(-c2ccccc2)c2nc(N3CCC[C@H](C(=O)N4CCN(c5ccccn5)CC4)C3)sc12. The zero-order chi connectivity index (χ0) is 23.8. The highest BCUT2D eigenvalue weighted by Crippen LogP contribution is 2.34. The van der Waals surface area contributed by atoms with Crippen molar-refractivity contribution in [1.29, 1.82) is 0 Å². The number of aryl methyl sites for hydroxylation is 1. The van der Waals surface area contributed by atoms with Crippen LogP contribution in [0.1, 0.15) is 18.5 Å². The number of benzene rings is 1. The first-order chi connectivity index (χ1) is 17.2. The van der Waals surface area contributed by atoms with Crippen molar-refractivity contribution in [2.24, 2.45) is 5.92 Å². The number of pyridine rings is 1. The number of anilines is 2. The summed E-state index contributed by atoms with van der Waals surface area (Å²) in [6, 6.07) is 16.1. The van der Waals surface area contributed by atoms with Crippen molar-refractivity contribution in [1.82, 2.24) is 24.6 Å². The molecule has 0 saturated carbocycles. The molecule has 4 aromatic rings.